The quantitative estimate of drug-likeness (QED) is 0.255. The first kappa shape index (κ1) is 18.1. The number of para-hydroxylation sites is 1. The monoisotopic (exact) mass is 352 g/mol. The molecule has 1 unspecified atom stereocenters. The number of unbranched alkanes of at least 4 members (excludes halogenated alkanes) is 1. The first-order valence-electron chi connectivity index (χ1n) is 7.83. The number of hydrogen-bond acceptors (Lipinski definition) is 4. The summed E-state index contributed by atoms with van der Waals surface area (Å²) in [5.74, 6) is 0.694. The predicted octanol–water partition coefficient (Wildman–Crippen LogP) is 3.86. The topological polar surface area (TPSA) is 38.5 Å². The minimum atomic E-state index is -0.309. The zero-order valence-electron chi connectivity index (χ0n) is 14.1. The van der Waals surface area contributed by atoms with Gasteiger partial charge in [0.05, 0.1) is 12.7 Å². The fraction of sp³-hybridized carbons (Fsp3) is 0.529. The number of benzene rings is 1. The molecule has 6 heteroatoms. The van der Waals surface area contributed by atoms with Crippen LogP contribution in [0.4, 0.5) is 0 Å². The van der Waals surface area contributed by atoms with Crippen LogP contribution >= 0.6 is 24.0 Å². The zero-order valence-corrected chi connectivity index (χ0v) is 15.7. The molecule has 1 aliphatic heterocycles. The average Bonchev–Trinajstić information content (AvgIpc) is 2.74. The zero-order chi connectivity index (χ0) is 17.0. The molecule has 0 bridgehead atoms. The second kappa shape index (κ2) is 7.53. The third-order valence-corrected chi connectivity index (χ3v) is 5.53. The Labute approximate surface area is 148 Å². The Morgan fingerprint density at radius 1 is 1.43 bits per heavy atom. The molecule has 0 aromatic heterocycles. The molecule has 4 nitrogen and oxygen atoms in total. The van der Waals surface area contributed by atoms with E-state index >= 15 is 0 Å². The standard InChI is InChI=1S/C17H24N2O2S2/c1-5-6-11-18-15(17(2,3)23-16(18)22)19(20)12-13-9-7-8-10-14(13)21-4/h7-10,12,15H,5-6,11H2,1-4H3. The van der Waals surface area contributed by atoms with Gasteiger partial charge in [-0.3, -0.25) is 4.90 Å². The number of thioether (sulfide) groups is 1. The lowest BCUT2D eigenvalue weighted by Crippen LogP contribution is -2.48. The summed E-state index contributed by atoms with van der Waals surface area (Å²) in [5, 5.41) is 12.9. The fourth-order valence-electron chi connectivity index (χ4n) is 2.78. The van der Waals surface area contributed by atoms with Crippen molar-refractivity contribution in [1.29, 1.82) is 0 Å². The van der Waals surface area contributed by atoms with Gasteiger partial charge in [0.2, 0.25) is 0 Å². The molecule has 0 spiro atoms. The number of methoxy groups -OCH3 is 1. The molecule has 0 amide bonds. The van der Waals surface area contributed by atoms with E-state index in [0.29, 0.717) is 5.75 Å². The van der Waals surface area contributed by atoms with E-state index in [0.717, 1.165) is 34.0 Å². The molecule has 0 radical (unpaired) electrons. The van der Waals surface area contributed by atoms with Crippen molar-refractivity contribution in [2.45, 2.75) is 44.5 Å². The summed E-state index contributed by atoms with van der Waals surface area (Å²) in [4.78, 5) is 2.06. The summed E-state index contributed by atoms with van der Waals surface area (Å²) in [7, 11) is 1.61. The Morgan fingerprint density at radius 2 is 2.13 bits per heavy atom. The number of ether oxygens (including phenoxy) is 1. The Morgan fingerprint density at radius 3 is 2.78 bits per heavy atom. The maximum Gasteiger partial charge on any atom is 0.254 e. The van der Waals surface area contributed by atoms with E-state index < -0.39 is 0 Å². The second-order valence-electron chi connectivity index (χ2n) is 6.12. The van der Waals surface area contributed by atoms with Crippen molar-refractivity contribution in [2.75, 3.05) is 13.7 Å². The first-order valence-corrected chi connectivity index (χ1v) is 9.06. The van der Waals surface area contributed by atoms with Gasteiger partial charge in [-0.05, 0) is 32.4 Å². The average molecular weight is 353 g/mol. The summed E-state index contributed by atoms with van der Waals surface area (Å²) in [6.45, 7) is 7.10. The lowest BCUT2D eigenvalue weighted by Gasteiger charge is -2.29. The Hall–Kier alpha value is -1.27. The Bertz CT molecular complexity index is 602. The van der Waals surface area contributed by atoms with E-state index in [1.54, 1.807) is 25.1 Å². The van der Waals surface area contributed by atoms with Gasteiger partial charge < -0.3 is 9.94 Å². The second-order valence-corrected chi connectivity index (χ2v) is 8.41. The summed E-state index contributed by atoms with van der Waals surface area (Å²) in [6.07, 6.45) is 3.40. The van der Waals surface area contributed by atoms with Crippen LogP contribution in [0.25, 0.3) is 0 Å². The fourth-order valence-corrected chi connectivity index (χ4v) is 4.71. The van der Waals surface area contributed by atoms with Crippen LogP contribution in [0.5, 0.6) is 5.75 Å². The van der Waals surface area contributed by atoms with E-state index in [2.05, 4.69) is 25.7 Å². The molecule has 0 saturated carbocycles. The van der Waals surface area contributed by atoms with Gasteiger partial charge in [0, 0.05) is 6.54 Å². The number of nitrogens with zero attached hydrogens (tertiary/aromatic N) is 2. The molecule has 1 atom stereocenters. The lowest BCUT2D eigenvalue weighted by molar-refractivity contribution is -0.523. The van der Waals surface area contributed by atoms with Crippen LogP contribution in [0.2, 0.25) is 0 Å². The van der Waals surface area contributed by atoms with Crippen LogP contribution < -0.4 is 4.74 Å². The molecule has 0 N–H and O–H groups in total. The minimum Gasteiger partial charge on any atom is -0.622 e. The molecule has 0 aliphatic carbocycles. The summed E-state index contributed by atoms with van der Waals surface area (Å²) in [6, 6.07) is 7.53. The Kier molecular flexibility index (Phi) is 5.92. The molecule has 23 heavy (non-hydrogen) atoms. The third kappa shape index (κ3) is 3.98. The van der Waals surface area contributed by atoms with Gasteiger partial charge in [-0.2, -0.15) is 4.74 Å². The normalized spacial score (nSPS) is 20.9. The lowest BCUT2D eigenvalue weighted by atomic mass is 10.1. The van der Waals surface area contributed by atoms with Crippen LogP contribution in [-0.2, 0) is 0 Å². The van der Waals surface area contributed by atoms with Crippen molar-refractivity contribution in [3.05, 3.63) is 35.0 Å². The van der Waals surface area contributed by atoms with Crippen LogP contribution in [-0.4, -0.2) is 44.7 Å². The van der Waals surface area contributed by atoms with Crippen molar-refractivity contribution in [3.63, 3.8) is 0 Å². The first-order chi connectivity index (χ1) is 10.9. The number of hydroxylamine groups is 1. The summed E-state index contributed by atoms with van der Waals surface area (Å²) < 4.78 is 6.91. The minimum absolute atomic E-state index is 0.259. The van der Waals surface area contributed by atoms with Crippen LogP contribution in [0.1, 0.15) is 39.2 Å². The van der Waals surface area contributed by atoms with Crippen LogP contribution in [0, 0.1) is 5.21 Å². The number of rotatable bonds is 6. The maximum absolute atomic E-state index is 12.9. The predicted molar refractivity (Wildman–Crippen MR) is 101 cm³/mol. The van der Waals surface area contributed by atoms with Crippen molar-refractivity contribution < 1.29 is 9.48 Å². The molecule has 1 aromatic rings. The molecule has 2 rings (SSSR count). The van der Waals surface area contributed by atoms with E-state index in [1.807, 2.05) is 24.3 Å². The van der Waals surface area contributed by atoms with E-state index in [-0.39, 0.29) is 10.9 Å². The summed E-state index contributed by atoms with van der Waals surface area (Å²) in [5.41, 5.74) is 0.777. The molecule has 1 fully saturated rings. The van der Waals surface area contributed by atoms with Crippen molar-refractivity contribution in [2.24, 2.45) is 0 Å². The highest BCUT2D eigenvalue weighted by molar-refractivity contribution is 8.24. The van der Waals surface area contributed by atoms with Gasteiger partial charge in [-0.1, -0.05) is 49.5 Å². The number of hydrogen-bond donors (Lipinski definition) is 0. The number of thiocarbonyl (C=S) groups is 1. The van der Waals surface area contributed by atoms with Crippen molar-refractivity contribution >= 4 is 34.5 Å². The smallest absolute Gasteiger partial charge is 0.254 e. The molecule has 1 aromatic carbocycles. The molecular weight excluding hydrogens is 328 g/mol. The van der Waals surface area contributed by atoms with Crippen LogP contribution in [0.3, 0.4) is 0 Å². The SMILES string of the molecule is CCCCN1C(=S)SC(C)(C)C1[N+]([O-])=Cc1ccccc1OC. The van der Waals surface area contributed by atoms with Gasteiger partial charge in [-0.15, -0.1) is 0 Å². The van der Waals surface area contributed by atoms with Gasteiger partial charge in [0.25, 0.3) is 6.17 Å². The molecular formula is C17H24N2O2S2. The Balaban J connectivity index is 2.35. The molecule has 1 heterocycles. The highest BCUT2D eigenvalue weighted by atomic mass is 32.2. The van der Waals surface area contributed by atoms with E-state index in [9.17, 15) is 5.21 Å². The highest BCUT2D eigenvalue weighted by Gasteiger charge is 2.50. The summed E-state index contributed by atoms with van der Waals surface area (Å²) >= 11 is 7.10. The molecule has 126 valence electrons. The van der Waals surface area contributed by atoms with Gasteiger partial charge >= 0.3 is 0 Å². The van der Waals surface area contributed by atoms with Gasteiger partial charge in [-0.25, -0.2) is 0 Å². The van der Waals surface area contributed by atoms with Gasteiger partial charge in [0.1, 0.15) is 14.8 Å². The van der Waals surface area contributed by atoms with Crippen molar-refractivity contribution in [3.8, 4) is 5.75 Å². The van der Waals surface area contributed by atoms with E-state index in [4.69, 9.17) is 17.0 Å². The van der Waals surface area contributed by atoms with E-state index in [1.165, 1.54) is 0 Å². The van der Waals surface area contributed by atoms with Crippen LogP contribution in [0.15, 0.2) is 24.3 Å². The maximum atomic E-state index is 12.9. The largest absolute Gasteiger partial charge is 0.622 e. The highest BCUT2D eigenvalue weighted by Crippen LogP contribution is 2.41. The van der Waals surface area contributed by atoms with Gasteiger partial charge in [0.15, 0.2) is 6.21 Å². The molecule has 1 saturated heterocycles. The third-order valence-electron chi connectivity index (χ3n) is 3.90. The molecule has 1 aliphatic rings. The van der Waals surface area contributed by atoms with Crippen molar-refractivity contribution in [1.82, 2.24) is 4.90 Å².